The van der Waals surface area contributed by atoms with E-state index in [0.717, 1.165) is 23.5 Å². The molecule has 4 rings (SSSR count). The third kappa shape index (κ3) is 5.46. The molecule has 2 aromatic carbocycles. The minimum atomic E-state index is -4.79. The zero-order valence-corrected chi connectivity index (χ0v) is 16.9. The van der Waals surface area contributed by atoms with E-state index in [-0.39, 0.29) is 13.2 Å². The Morgan fingerprint density at radius 3 is 2.56 bits per heavy atom. The van der Waals surface area contributed by atoms with Crippen molar-refractivity contribution in [2.75, 3.05) is 17.4 Å². The zero-order chi connectivity index (χ0) is 22.7. The van der Waals surface area contributed by atoms with Gasteiger partial charge in [-0.25, -0.2) is 4.98 Å². The van der Waals surface area contributed by atoms with Crippen LogP contribution in [-0.4, -0.2) is 30.0 Å². The van der Waals surface area contributed by atoms with Crippen molar-refractivity contribution in [1.29, 1.82) is 0 Å². The van der Waals surface area contributed by atoms with Gasteiger partial charge >= 0.3 is 6.36 Å². The van der Waals surface area contributed by atoms with Crippen molar-refractivity contribution in [2.45, 2.75) is 12.8 Å². The molecular formula is C20H14F3N3O5S. The zero-order valence-electron chi connectivity index (χ0n) is 16.1. The molecule has 0 unspecified atom stereocenters. The molecule has 0 bridgehead atoms. The smallest absolute Gasteiger partial charge is 0.454 e. The molecule has 0 spiro atoms. The van der Waals surface area contributed by atoms with Crippen LogP contribution in [0.1, 0.15) is 16.1 Å². The molecule has 1 aliphatic heterocycles. The maximum absolute atomic E-state index is 12.4. The molecule has 0 radical (unpaired) electrons. The molecule has 32 heavy (non-hydrogen) atoms. The Labute approximate surface area is 182 Å². The number of halogens is 3. The van der Waals surface area contributed by atoms with E-state index in [1.54, 1.807) is 23.6 Å². The summed E-state index contributed by atoms with van der Waals surface area (Å²) in [4.78, 5) is 28.8. The second kappa shape index (κ2) is 8.75. The van der Waals surface area contributed by atoms with E-state index < -0.39 is 23.9 Å². The van der Waals surface area contributed by atoms with Gasteiger partial charge in [-0.1, -0.05) is 0 Å². The van der Waals surface area contributed by atoms with Gasteiger partial charge in [-0.2, -0.15) is 0 Å². The first-order chi connectivity index (χ1) is 15.2. The van der Waals surface area contributed by atoms with Crippen molar-refractivity contribution in [3.8, 4) is 17.2 Å². The number of nitrogens with zero attached hydrogens (tertiary/aromatic N) is 1. The van der Waals surface area contributed by atoms with Gasteiger partial charge in [-0.05, 0) is 42.5 Å². The van der Waals surface area contributed by atoms with Crippen molar-refractivity contribution in [3.63, 3.8) is 0 Å². The highest BCUT2D eigenvalue weighted by Gasteiger charge is 2.31. The summed E-state index contributed by atoms with van der Waals surface area (Å²) in [5, 5.41) is 7.14. The van der Waals surface area contributed by atoms with E-state index in [9.17, 15) is 22.8 Å². The number of hydrogen-bond donors (Lipinski definition) is 2. The first-order valence-corrected chi connectivity index (χ1v) is 9.94. The van der Waals surface area contributed by atoms with Crippen LogP contribution in [0.15, 0.2) is 47.8 Å². The van der Waals surface area contributed by atoms with Crippen molar-refractivity contribution in [3.05, 3.63) is 59.1 Å². The van der Waals surface area contributed by atoms with E-state index in [2.05, 4.69) is 20.4 Å². The number of aromatic nitrogens is 1. The fraction of sp³-hybridized carbons (Fsp3) is 0.150. The number of alkyl halides is 3. The molecule has 1 aliphatic rings. The maximum Gasteiger partial charge on any atom is 0.573 e. The van der Waals surface area contributed by atoms with Gasteiger partial charge in [0.05, 0.1) is 12.1 Å². The SMILES string of the molecule is O=C(Cc1csc(NC(=O)c2ccc3c(c2)OCO3)n1)Nc1ccc(OC(F)(F)F)cc1. The van der Waals surface area contributed by atoms with E-state index in [1.807, 2.05) is 0 Å². The molecule has 0 fully saturated rings. The minimum Gasteiger partial charge on any atom is -0.454 e. The number of carbonyl (C=O) groups excluding carboxylic acids is 2. The topological polar surface area (TPSA) is 98.8 Å². The number of amides is 2. The van der Waals surface area contributed by atoms with Crippen LogP contribution in [0.2, 0.25) is 0 Å². The number of nitrogens with one attached hydrogen (secondary N) is 2. The Balaban J connectivity index is 1.31. The van der Waals surface area contributed by atoms with Gasteiger partial charge in [0.25, 0.3) is 5.91 Å². The van der Waals surface area contributed by atoms with Gasteiger partial charge in [-0.15, -0.1) is 24.5 Å². The summed E-state index contributed by atoms with van der Waals surface area (Å²) in [6, 6.07) is 9.55. The predicted octanol–water partition coefficient (Wildman–Crippen LogP) is 4.20. The lowest BCUT2D eigenvalue weighted by Crippen LogP contribution is -2.17. The Bertz CT molecular complexity index is 1150. The van der Waals surface area contributed by atoms with E-state index in [4.69, 9.17) is 9.47 Å². The Morgan fingerprint density at radius 2 is 1.81 bits per heavy atom. The highest BCUT2D eigenvalue weighted by atomic mass is 32.1. The highest BCUT2D eigenvalue weighted by molar-refractivity contribution is 7.14. The van der Waals surface area contributed by atoms with Crippen LogP contribution in [0.3, 0.4) is 0 Å². The van der Waals surface area contributed by atoms with Gasteiger partial charge < -0.3 is 19.5 Å². The number of benzene rings is 2. The lowest BCUT2D eigenvalue weighted by atomic mass is 10.2. The summed E-state index contributed by atoms with van der Waals surface area (Å²) in [7, 11) is 0. The molecule has 0 saturated carbocycles. The van der Waals surface area contributed by atoms with E-state index in [0.29, 0.717) is 33.6 Å². The second-order valence-electron chi connectivity index (χ2n) is 6.46. The normalized spacial score (nSPS) is 12.3. The summed E-state index contributed by atoms with van der Waals surface area (Å²) in [6.45, 7) is 0.101. The van der Waals surface area contributed by atoms with Crippen LogP contribution in [-0.2, 0) is 11.2 Å². The molecule has 2 amide bonds. The summed E-state index contributed by atoms with van der Waals surface area (Å²) < 4.78 is 50.8. The molecule has 0 saturated heterocycles. The van der Waals surface area contributed by atoms with Crippen LogP contribution >= 0.6 is 11.3 Å². The Hall–Kier alpha value is -3.80. The van der Waals surface area contributed by atoms with Gasteiger partial charge in [0.2, 0.25) is 12.7 Å². The number of anilines is 2. The largest absolute Gasteiger partial charge is 0.573 e. The lowest BCUT2D eigenvalue weighted by Gasteiger charge is -2.09. The molecular weight excluding hydrogens is 451 g/mol. The average Bonchev–Trinajstić information content (AvgIpc) is 3.37. The molecule has 166 valence electrons. The quantitative estimate of drug-likeness (QED) is 0.566. The number of thiazole rings is 1. The van der Waals surface area contributed by atoms with Crippen LogP contribution in [0.4, 0.5) is 24.0 Å². The summed E-state index contributed by atoms with van der Waals surface area (Å²) >= 11 is 1.15. The highest BCUT2D eigenvalue weighted by Crippen LogP contribution is 2.32. The number of rotatable bonds is 6. The van der Waals surface area contributed by atoms with Gasteiger partial charge in [0.15, 0.2) is 16.6 Å². The van der Waals surface area contributed by atoms with Crippen molar-refractivity contribution >= 4 is 34.0 Å². The third-order valence-corrected chi connectivity index (χ3v) is 4.93. The van der Waals surface area contributed by atoms with Crippen LogP contribution in [0.25, 0.3) is 0 Å². The number of ether oxygens (including phenoxy) is 3. The van der Waals surface area contributed by atoms with E-state index in [1.165, 1.54) is 12.1 Å². The first kappa shape index (κ1) is 21.4. The molecule has 0 atom stereocenters. The van der Waals surface area contributed by atoms with E-state index >= 15 is 0 Å². The van der Waals surface area contributed by atoms with Gasteiger partial charge in [0, 0.05) is 16.6 Å². The first-order valence-electron chi connectivity index (χ1n) is 9.06. The molecule has 1 aromatic heterocycles. The molecule has 0 aliphatic carbocycles. The van der Waals surface area contributed by atoms with Crippen molar-refractivity contribution in [2.24, 2.45) is 0 Å². The fourth-order valence-electron chi connectivity index (χ4n) is 2.76. The van der Waals surface area contributed by atoms with Gasteiger partial charge in [-0.3, -0.25) is 14.9 Å². The Kier molecular flexibility index (Phi) is 5.86. The monoisotopic (exact) mass is 465 g/mol. The van der Waals surface area contributed by atoms with Crippen LogP contribution < -0.4 is 24.8 Å². The minimum absolute atomic E-state index is 0.0861. The third-order valence-electron chi connectivity index (χ3n) is 4.12. The van der Waals surface area contributed by atoms with Crippen molar-refractivity contribution < 1.29 is 37.0 Å². The number of carbonyl (C=O) groups is 2. The molecule has 2 N–H and O–H groups in total. The van der Waals surface area contributed by atoms with Crippen molar-refractivity contribution in [1.82, 2.24) is 4.98 Å². The molecule has 3 aromatic rings. The summed E-state index contributed by atoms with van der Waals surface area (Å²) in [5.41, 5.74) is 1.09. The Morgan fingerprint density at radius 1 is 1.06 bits per heavy atom. The molecule has 2 heterocycles. The summed E-state index contributed by atoms with van der Waals surface area (Å²) in [6.07, 6.45) is -4.87. The fourth-order valence-corrected chi connectivity index (χ4v) is 3.47. The standard InChI is InChI=1S/C20H14F3N3O5S/c21-20(22,23)31-14-4-2-12(3-5-14)24-17(27)8-13-9-32-19(25-13)26-18(28)11-1-6-15-16(7-11)30-10-29-15/h1-7,9H,8,10H2,(H,24,27)(H,25,26,28). The predicted molar refractivity (Wildman–Crippen MR) is 108 cm³/mol. The van der Waals surface area contributed by atoms with Crippen LogP contribution in [0.5, 0.6) is 17.2 Å². The van der Waals surface area contributed by atoms with Crippen LogP contribution in [0, 0.1) is 0 Å². The average molecular weight is 465 g/mol. The second-order valence-corrected chi connectivity index (χ2v) is 7.32. The number of hydrogen-bond acceptors (Lipinski definition) is 7. The van der Waals surface area contributed by atoms with Gasteiger partial charge in [0.1, 0.15) is 5.75 Å². The maximum atomic E-state index is 12.4. The molecule has 8 nitrogen and oxygen atoms in total. The molecule has 12 heteroatoms. The number of fused-ring (bicyclic) bond motifs is 1. The lowest BCUT2D eigenvalue weighted by molar-refractivity contribution is -0.274. The summed E-state index contributed by atoms with van der Waals surface area (Å²) in [5.74, 6) is -0.167.